The van der Waals surface area contributed by atoms with E-state index in [2.05, 4.69) is 5.32 Å². The molecule has 134 valence electrons. The van der Waals surface area contributed by atoms with Gasteiger partial charge < -0.3 is 10.4 Å². The number of carbonyl (C=O) groups excluding carboxylic acids is 2. The number of benzene rings is 2. The van der Waals surface area contributed by atoms with Gasteiger partial charge in [0.15, 0.2) is 11.6 Å². The van der Waals surface area contributed by atoms with Crippen LogP contribution in [-0.2, 0) is 4.79 Å². The van der Waals surface area contributed by atoms with Crippen LogP contribution in [0.4, 0.5) is 19.3 Å². The second kappa shape index (κ2) is 8.21. The smallest absolute Gasteiger partial charge is 0.328 e. The summed E-state index contributed by atoms with van der Waals surface area (Å²) in [5.41, 5.74) is 0.190. The van der Waals surface area contributed by atoms with Crippen molar-refractivity contribution in [2.75, 3.05) is 5.32 Å². The minimum atomic E-state index is -1.29. The molecule has 0 unspecified atom stereocenters. The Hall–Kier alpha value is -3.26. The molecule has 0 heterocycles. The zero-order chi connectivity index (χ0) is 19.3. The van der Waals surface area contributed by atoms with E-state index in [0.717, 1.165) is 6.08 Å². The Labute approximate surface area is 151 Å². The number of carboxylic acids is 1. The van der Waals surface area contributed by atoms with E-state index in [9.17, 15) is 23.2 Å². The normalized spacial score (nSPS) is 10.6. The number of para-hydroxylation sites is 1. The van der Waals surface area contributed by atoms with Gasteiger partial charge in [-0.05, 0) is 29.8 Å². The predicted molar refractivity (Wildman–Crippen MR) is 91.0 cm³/mol. The van der Waals surface area contributed by atoms with Crippen molar-refractivity contribution in [2.45, 2.75) is 0 Å². The van der Waals surface area contributed by atoms with Gasteiger partial charge in [0.25, 0.3) is 5.91 Å². The number of amides is 3. The number of carboxylic acid groups (broad SMARTS) is 1. The molecule has 0 saturated heterocycles. The number of anilines is 1. The van der Waals surface area contributed by atoms with Crippen LogP contribution in [0, 0.1) is 11.6 Å². The van der Waals surface area contributed by atoms with Crippen LogP contribution in [0.1, 0.15) is 15.9 Å². The molecule has 3 amide bonds. The molecule has 0 spiro atoms. The van der Waals surface area contributed by atoms with Gasteiger partial charge in [-0.2, -0.15) is 0 Å². The van der Waals surface area contributed by atoms with Crippen molar-refractivity contribution < 1.29 is 28.3 Å². The SMILES string of the molecule is O=C(O)/C=C/c1ccccc1NC(=O)NC(=O)c1cc(F)c(F)cc1Cl. The summed E-state index contributed by atoms with van der Waals surface area (Å²) >= 11 is 5.67. The Morgan fingerprint density at radius 1 is 1.08 bits per heavy atom. The van der Waals surface area contributed by atoms with Crippen LogP contribution < -0.4 is 10.6 Å². The van der Waals surface area contributed by atoms with E-state index in [1.54, 1.807) is 18.2 Å². The van der Waals surface area contributed by atoms with Gasteiger partial charge in [-0.3, -0.25) is 10.1 Å². The first kappa shape index (κ1) is 19.1. The standard InChI is InChI=1S/C17H11ClF2N2O4/c18-11-8-13(20)12(19)7-10(11)16(25)22-17(26)21-14-4-2-1-3-9(14)5-6-15(23)24/h1-8H,(H,23,24)(H2,21,22,25,26)/b6-5+. The molecule has 0 bridgehead atoms. The number of hydrogen-bond donors (Lipinski definition) is 3. The monoisotopic (exact) mass is 380 g/mol. The van der Waals surface area contributed by atoms with Crippen molar-refractivity contribution in [3.63, 3.8) is 0 Å². The molecule has 0 atom stereocenters. The average Bonchev–Trinajstić information content (AvgIpc) is 2.57. The molecule has 0 aromatic heterocycles. The number of halogens is 3. The molecule has 0 aliphatic carbocycles. The number of urea groups is 1. The predicted octanol–water partition coefficient (Wildman–Crippen LogP) is 3.68. The van der Waals surface area contributed by atoms with Gasteiger partial charge >= 0.3 is 12.0 Å². The highest BCUT2D eigenvalue weighted by atomic mass is 35.5. The Bertz CT molecular complexity index is 916. The van der Waals surface area contributed by atoms with E-state index < -0.39 is 35.1 Å². The molecule has 2 aromatic carbocycles. The summed E-state index contributed by atoms with van der Waals surface area (Å²) in [5, 5.41) is 12.6. The van der Waals surface area contributed by atoms with E-state index in [1.807, 2.05) is 5.32 Å². The molecule has 0 aliphatic rings. The molecule has 0 fully saturated rings. The minimum Gasteiger partial charge on any atom is -0.478 e. The highest BCUT2D eigenvalue weighted by molar-refractivity contribution is 6.34. The molecular weight excluding hydrogens is 370 g/mol. The number of imide groups is 1. The lowest BCUT2D eigenvalue weighted by Gasteiger charge is -2.10. The summed E-state index contributed by atoms with van der Waals surface area (Å²) in [7, 11) is 0. The van der Waals surface area contributed by atoms with Crippen LogP contribution in [0.2, 0.25) is 5.02 Å². The molecule has 0 aliphatic heterocycles. The molecule has 0 radical (unpaired) electrons. The molecule has 2 rings (SSSR count). The Balaban J connectivity index is 2.13. The largest absolute Gasteiger partial charge is 0.478 e. The molecule has 6 nitrogen and oxygen atoms in total. The second-order valence-electron chi connectivity index (χ2n) is 4.91. The van der Waals surface area contributed by atoms with Crippen molar-refractivity contribution in [1.82, 2.24) is 5.32 Å². The highest BCUT2D eigenvalue weighted by Gasteiger charge is 2.17. The van der Waals surface area contributed by atoms with Crippen LogP contribution >= 0.6 is 11.6 Å². The number of carbonyl (C=O) groups is 3. The summed E-state index contributed by atoms with van der Waals surface area (Å²) < 4.78 is 26.3. The van der Waals surface area contributed by atoms with Crippen molar-refractivity contribution in [3.05, 3.63) is 70.3 Å². The van der Waals surface area contributed by atoms with Crippen molar-refractivity contribution >= 4 is 41.3 Å². The third-order valence-corrected chi connectivity index (χ3v) is 3.41. The fourth-order valence-corrected chi connectivity index (χ4v) is 2.17. The summed E-state index contributed by atoms with van der Waals surface area (Å²) in [6.07, 6.45) is 2.14. The zero-order valence-electron chi connectivity index (χ0n) is 12.9. The summed E-state index contributed by atoms with van der Waals surface area (Å²) in [5.74, 6) is -4.73. The first-order valence-corrected chi connectivity index (χ1v) is 7.42. The highest BCUT2D eigenvalue weighted by Crippen LogP contribution is 2.20. The van der Waals surface area contributed by atoms with E-state index in [-0.39, 0.29) is 10.7 Å². The van der Waals surface area contributed by atoms with Gasteiger partial charge in [-0.25, -0.2) is 18.4 Å². The van der Waals surface area contributed by atoms with Crippen LogP contribution in [0.3, 0.4) is 0 Å². The Kier molecular flexibility index (Phi) is 6.03. The maximum atomic E-state index is 13.2. The van der Waals surface area contributed by atoms with E-state index in [1.165, 1.54) is 12.1 Å². The molecule has 9 heteroatoms. The van der Waals surface area contributed by atoms with E-state index in [4.69, 9.17) is 16.7 Å². The van der Waals surface area contributed by atoms with Crippen molar-refractivity contribution in [3.8, 4) is 0 Å². The number of aliphatic carboxylic acids is 1. The van der Waals surface area contributed by atoms with Gasteiger partial charge in [0.1, 0.15) is 0 Å². The fraction of sp³-hybridized carbons (Fsp3) is 0. The zero-order valence-corrected chi connectivity index (χ0v) is 13.7. The Morgan fingerprint density at radius 3 is 2.42 bits per heavy atom. The summed E-state index contributed by atoms with van der Waals surface area (Å²) in [6, 6.07) is 6.46. The lowest BCUT2D eigenvalue weighted by atomic mass is 10.1. The quantitative estimate of drug-likeness (QED) is 0.557. The number of nitrogens with one attached hydrogen (secondary N) is 2. The number of rotatable bonds is 4. The average molecular weight is 381 g/mol. The van der Waals surface area contributed by atoms with Gasteiger partial charge in [-0.1, -0.05) is 29.8 Å². The van der Waals surface area contributed by atoms with Gasteiger partial charge in [-0.15, -0.1) is 0 Å². The molecular formula is C17H11ClF2N2O4. The van der Waals surface area contributed by atoms with Gasteiger partial charge in [0.2, 0.25) is 0 Å². The maximum Gasteiger partial charge on any atom is 0.328 e. The molecule has 26 heavy (non-hydrogen) atoms. The lowest BCUT2D eigenvalue weighted by molar-refractivity contribution is -0.131. The van der Waals surface area contributed by atoms with Crippen LogP contribution in [0.5, 0.6) is 0 Å². The third-order valence-electron chi connectivity index (χ3n) is 3.10. The third kappa shape index (κ3) is 4.87. The van der Waals surface area contributed by atoms with Gasteiger partial charge in [0.05, 0.1) is 10.6 Å². The first-order chi connectivity index (χ1) is 12.3. The fourth-order valence-electron chi connectivity index (χ4n) is 1.94. The van der Waals surface area contributed by atoms with Crippen LogP contribution in [-0.4, -0.2) is 23.0 Å². The van der Waals surface area contributed by atoms with Gasteiger partial charge in [0, 0.05) is 11.8 Å². The van der Waals surface area contributed by atoms with Crippen molar-refractivity contribution in [2.24, 2.45) is 0 Å². The topological polar surface area (TPSA) is 95.5 Å². The van der Waals surface area contributed by atoms with E-state index >= 15 is 0 Å². The van der Waals surface area contributed by atoms with Crippen LogP contribution in [0.15, 0.2) is 42.5 Å². The molecule has 2 aromatic rings. The molecule has 3 N–H and O–H groups in total. The summed E-state index contributed by atoms with van der Waals surface area (Å²) in [6.45, 7) is 0. The number of hydrogen-bond acceptors (Lipinski definition) is 3. The van der Waals surface area contributed by atoms with Crippen molar-refractivity contribution in [1.29, 1.82) is 0 Å². The molecule has 0 saturated carbocycles. The maximum absolute atomic E-state index is 13.2. The summed E-state index contributed by atoms with van der Waals surface area (Å²) in [4.78, 5) is 34.5. The second-order valence-corrected chi connectivity index (χ2v) is 5.32. The first-order valence-electron chi connectivity index (χ1n) is 7.05. The minimum absolute atomic E-state index is 0.228. The Morgan fingerprint density at radius 2 is 1.73 bits per heavy atom. The lowest BCUT2D eigenvalue weighted by Crippen LogP contribution is -2.34. The van der Waals surface area contributed by atoms with Crippen LogP contribution in [0.25, 0.3) is 6.08 Å². The van der Waals surface area contributed by atoms with E-state index in [0.29, 0.717) is 17.7 Å².